The second-order valence-corrected chi connectivity index (χ2v) is 6.57. The predicted molar refractivity (Wildman–Crippen MR) is 105 cm³/mol. The van der Waals surface area contributed by atoms with Crippen LogP contribution >= 0.6 is 0 Å². The highest BCUT2D eigenvalue weighted by Gasteiger charge is 2.21. The molecule has 1 aromatic carbocycles. The molecule has 150 valence electrons. The molecule has 3 N–H and O–H groups in total. The number of aromatic nitrogens is 1. The average Bonchev–Trinajstić information content (AvgIpc) is 3.24. The minimum Gasteiger partial charge on any atom is -0.383 e. The number of nitrogens with zero attached hydrogens (tertiary/aromatic N) is 1. The molecule has 1 aliphatic carbocycles. The van der Waals surface area contributed by atoms with E-state index in [4.69, 9.17) is 10.5 Å². The highest BCUT2D eigenvalue weighted by molar-refractivity contribution is 5.92. The number of pyridine rings is 1. The molecule has 1 fully saturated rings. The number of halogens is 1. The number of nitrogens with one attached hydrogen (secondary N) is 1. The van der Waals surface area contributed by atoms with Crippen molar-refractivity contribution >= 4 is 11.8 Å². The van der Waals surface area contributed by atoms with Crippen LogP contribution in [0.4, 0.5) is 4.39 Å². The number of rotatable bonds is 6. The summed E-state index contributed by atoms with van der Waals surface area (Å²) in [5.41, 5.74) is 6.69. The van der Waals surface area contributed by atoms with E-state index in [9.17, 15) is 14.0 Å². The van der Waals surface area contributed by atoms with Crippen LogP contribution in [-0.4, -0.2) is 37.1 Å². The smallest absolute Gasteiger partial charge is 0.250 e. The topological polar surface area (TPSA) is 94.3 Å². The molecule has 7 heteroatoms. The zero-order valence-electron chi connectivity index (χ0n) is 16.0. The molecule has 0 bridgehead atoms. The normalized spacial score (nSPS) is 13.5. The van der Waals surface area contributed by atoms with Gasteiger partial charge in [0.25, 0.3) is 0 Å². The maximum Gasteiger partial charge on any atom is 0.250 e. The number of carbonyl (C=O) groups excluding carboxylic acids is 2. The van der Waals surface area contributed by atoms with Crippen LogP contribution in [-0.2, 0) is 9.53 Å². The van der Waals surface area contributed by atoms with Crippen molar-refractivity contribution in [1.82, 2.24) is 10.3 Å². The SMILES string of the molecule is COCCNC(=O)C1CCCC1.NC(=O)c1ccc(-c2cccc(F)c2)nc1. The van der Waals surface area contributed by atoms with Gasteiger partial charge in [-0.15, -0.1) is 0 Å². The lowest BCUT2D eigenvalue weighted by molar-refractivity contribution is -0.124. The first-order valence-corrected chi connectivity index (χ1v) is 9.29. The van der Waals surface area contributed by atoms with Crippen molar-refractivity contribution in [2.24, 2.45) is 11.7 Å². The van der Waals surface area contributed by atoms with Crippen LogP contribution in [0.2, 0.25) is 0 Å². The summed E-state index contributed by atoms with van der Waals surface area (Å²) in [4.78, 5) is 26.2. The Morgan fingerprint density at radius 2 is 2.00 bits per heavy atom. The zero-order valence-corrected chi connectivity index (χ0v) is 16.0. The molecule has 0 radical (unpaired) electrons. The van der Waals surface area contributed by atoms with Gasteiger partial charge in [0.1, 0.15) is 5.82 Å². The van der Waals surface area contributed by atoms with E-state index in [1.54, 1.807) is 31.4 Å². The first-order valence-electron chi connectivity index (χ1n) is 9.29. The number of hydrogen-bond donors (Lipinski definition) is 2. The number of methoxy groups -OCH3 is 1. The molecular weight excluding hydrogens is 361 g/mol. The summed E-state index contributed by atoms with van der Waals surface area (Å²) in [5.74, 6) is -0.358. The summed E-state index contributed by atoms with van der Waals surface area (Å²) in [7, 11) is 1.64. The predicted octanol–water partition coefficient (Wildman–Crippen LogP) is 2.93. The third kappa shape index (κ3) is 6.74. The first-order chi connectivity index (χ1) is 13.5. The Hall–Kier alpha value is -2.80. The molecule has 0 saturated heterocycles. The van der Waals surface area contributed by atoms with Crippen LogP contribution in [0.15, 0.2) is 42.6 Å². The number of nitrogens with two attached hydrogens (primary N) is 1. The van der Waals surface area contributed by atoms with Gasteiger partial charge in [0.2, 0.25) is 11.8 Å². The van der Waals surface area contributed by atoms with Gasteiger partial charge in [-0.3, -0.25) is 14.6 Å². The lowest BCUT2D eigenvalue weighted by Crippen LogP contribution is -2.31. The van der Waals surface area contributed by atoms with Crippen LogP contribution in [0, 0.1) is 11.7 Å². The zero-order chi connectivity index (χ0) is 20.4. The minimum atomic E-state index is -0.529. The molecular formula is C21H26FN3O3. The molecule has 0 atom stereocenters. The number of ether oxygens (including phenoxy) is 1. The third-order valence-electron chi connectivity index (χ3n) is 4.50. The van der Waals surface area contributed by atoms with Crippen molar-refractivity contribution in [3.8, 4) is 11.3 Å². The van der Waals surface area contributed by atoms with Crippen LogP contribution in [0.25, 0.3) is 11.3 Å². The maximum absolute atomic E-state index is 13.0. The highest BCUT2D eigenvalue weighted by atomic mass is 19.1. The second-order valence-electron chi connectivity index (χ2n) is 6.57. The summed E-state index contributed by atoms with van der Waals surface area (Å²) in [6, 6.07) is 9.29. The molecule has 1 aliphatic rings. The molecule has 1 saturated carbocycles. The Morgan fingerprint density at radius 3 is 2.57 bits per heavy atom. The number of primary amides is 1. The minimum absolute atomic E-state index is 0.213. The fraction of sp³-hybridized carbons (Fsp3) is 0.381. The van der Waals surface area contributed by atoms with E-state index in [-0.39, 0.29) is 17.6 Å². The fourth-order valence-corrected chi connectivity index (χ4v) is 2.97. The van der Waals surface area contributed by atoms with Gasteiger partial charge in [0, 0.05) is 31.3 Å². The summed E-state index contributed by atoms with van der Waals surface area (Å²) in [6.45, 7) is 1.25. The van der Waals surface area contributed by atoms with E-state index < -0.39 is 5.91 Å². The first kappa shape index (κ1) is 21.5. The van der Waals surface area contributed by atoms with Gasteiger partial charge in [-0.05, 0) is 37.1 Å². The molecule has 0 aliphatic heterocycles. The monoisotopic (exact) mass is 387 g/mol. The number of hydrogen-bond acceptors (Lipinski definition) is 4. The Bertz CT molecular complexity index is 775. The summed E-state index contributed by atoms with van der Waals surface area (Å²) in [5, 5.41) is 2.86. The summed E-state index contributed by atoms with van der Waals surface area (Å²) < 4.78 is 17.8. The molecule has 2 aromatic rings. The van der Waals surface area contributed by atoms with Crippen molar-refractivity contribution < 1.29 is 18.7 Å². The third-order valence-corrected chi connectivity index (χ3v) is 4.50. The van der Waals surface area contributed by atoms with Crippen LogP contribution in [0.1, 0.15) is 36.0 Å². The van der Waals surface area contributed by atoms with Gasteiger partial charge in [0.15, 0.2) is 0 Å². The number of carbonyl (C=O) groups is 2. The van der Waals surface area contributed by atoms with Crippen molar-refractivity contribution in [3.05, 3.63) is 54.0 Å². The van der Waals surface area contributed by atoms with Gasteiger partial charge in [-0.25, -0.2) is 4.39 Å². The Labute approximate surface area is 164 Å². The van der Waals surface area contributed by atoms with E-state index in [0.29, 0.717) is 30.0 Å². The van der Waals surface area contributed by atoms with Crippen molar-refractivity contribution in [3.63, 3.8) is 0 Å². The molecule has 1 heterocycles. The van der Waals surface area contributed by atoms with Crippen molar-refractivity contribution in [2.75, 3.05) is 20.3 Å². The molecule has 0 unspecified atom stereocenters. The quantitative estimate of drug-likeness (QED) is 0.745. The molecule has 0 spiro atoms. The van der Waals surface area contributed by atoms with Crippen molar-refractivity contribution in [1.29, 1.82) is 0 Å². The standard InChI is InChI=1S/C12H9FN2O.C9H17NO2/c13-10-3-1-2-8(6-10)11-5-4-9(7-15-11)12(14)16;1-12-7-6-10-9(11)8-4-2-3-5-8/h1-7H,(H2,14,16);8H,2-7H2,1H3,(H,10,11). The van der Waals surface area contributed by atoms with E-state index in [2.05, 4.69) is 10.3 Å². The fourth-order valence-electron chi connectivity index (χ4n) is 2.97. The second kappa shape index (κ2) is 11.1. The maximum atomic E-state index is 13.0. The summed E-state index contributed by atoms with van der Waals surface area (Å²) in [6.07, 6.45) is 5.94. The number of benzene rings is 1. The van der Waals surface area contributed by atoms with Gasteiger partial charge >= 0.3 is 0 Å². The average molecular weight is 387 g/mol. The Balaban J connectivity index is 0.000000209. The molecule has 3 rings (SSSR count). The summed E-state index contributed by atoms with van der Waals surface area (Å²) >= 11 is 0. The molecule has 1 aromatic heterocycles. The Kier molecular flexibility index (Phi) is 8.55. The van der Waals surface area contributed by atoms with Gasteiger partial charge in [-0.2, -0.15) is 0 Å². The van der Waals surface area contributed by atoms with E-state index in [1.807, 2.05) is 0 Å². The molecule has 6 nitrogen and oxygen atoms in total. The largest absolute Gasteiger partial charge is 0.383 e. The van der Waals surface area contributed by atoms with Gasteiger partial charge < -0.3 is 15.8 Å². The van der Waals surface area contributed by atoms with Crippen LogP contribution in [0.5, 0.6) is 0 Å². The van der Waals surface area contributed by atoms with E-state index in [1.165, 1.54) is 31.2 Å². The Morgan fingerprint density at radius 1 is 1.25 bits per heavy atom. The number of amides is 2. The van der Waals surface area contributed by atoms with E-state index >= 15 is 0 Å². The lowest BCUT2D eigenvalue weighted by Gasteiger charge is -2.09. The lowest BCUT2D eigenvalue weighted by atomic mass is 10.1. The van der Waals surface area contributed by atoms with Crippen LogP contribution in [0.3, 0.4) is 0 Å². The van der Waals surface area contributed by atoms with Gasteiger partial charge in [0.05, 0.1) is 17.9 Å². The van der Waals surface area contributed by atoms with Crippen LogP contribution < -0.4 is 11.1 Å². The van der Waals surface area contributed by atoms with Gasteiger partial charge in [-0.1, -0.05) is 25.0 Å². The molecule has 28 heavy (non-hydrogen) atoms. The highest BCUT2D eigenvalue weighted by Crippen LogP contribution is 2.24. The molecule has 2 amide bonds. The van der Waals surface area contributed by atoms with Crippen molar-refractivity contribution in [2.45, 2.75) is 25.7 Å². The van der Waals surface area contributed by atoms with E-state index in [0.717, 1.165) is 12.8 Å².